The summed E-state index contributed by atoms with van der Waals surface area (Å²) in [6.45, 7) is 6.98. The summed E-state index contributed by atoms with van der Waals surface area (Å²) in [5, 5.41) is 3.52. The number of aryl methyl sites for hydroxylation is 1. The summed E-state index contributed by atoms with van der Waals surface area (Å²) in [6.07, 6.45) is 3.20. The number of hydrogen-bond acceptors (Lipinski definition) is 4. The SMILES string of the molecule is Cc1cc(S(=O)(=O)N2CCC3CCC(C2)N3)ccc1OC(C)C.Cl. The van der Waals surface area contributed by atoms with Crippen LogP contribution in [0.25, 0.3) is 0 Å². The summed E-state index contributed by atoms with van der Waals surface area (Å²) in [7, 11) is -3.44. The number of nitrogens with one attached hydrogen (secondary N) is 1. The number of hydrogen-bond donors (Lipinski definition) is 1. The minimum absolute atomic E-state index is 0. The monoisotopic (exact) mass is 374 g/mol. The number of sulfonamides is 1. The van der Waals surface area contributed by atoms with Gasteiger partial charge in [-0.25, -0.2) is 8.42 Å². The highest BCUT2D eigenvalue weighted by Gasteiger charge is 2.35. The van der Waals surface area contributed by atoms with Gasteiger partial charge in [-0.3, -0.25) is 0 Å². The molecule has 2 aliphatic heterocycles. The van der Waals surface area contributed by atoms with Crippen molar-refractivity contribution in [3.8, 4) is 5.75 Å². The fourth-order valence-electron chi connectivity index (χ4n) is 3.45. The zero-order valence-corrected chi connectivity index (χ0v) is 16.1. The van der Waals surface area contributed by atoms with Crippen molar-refractivity contribution in [2.24, 2.45) is 0 Å². The van der Waals surface area contributed by atoms with Crippen LogP contribution in [-0.2, 0) is 10.0 Å². The third-order valence-corrected chi connectivity index (χ3v) is 6.49. The molecule has 1 aromatic rings. The highest BCUT2D eigenvalue weighted by molar-refractivity contribution is 7.89. The van der Waals surface area contributed by atoms with E-state index in [0.29, 0.717) is 30.1 Å². The van der Waals surface area contributed by atoms with Crippen molar-refractivity contribution in [3.05, 3.63) is 23.8 Å². The molecule has 0 amide bonds. The Balaban J connectivity index is 0.00000208. The van der Waals surface area contributed by atoms with Gasteiger partial charge >= 0.3 is 0 Å². The van der Waals surface area contributed by atoms with Crippen LogP contribution in [0.4, 0.5) is 0 Å². The van der Waals surface area contributed by atoms with Gasteiger partial charge in [-0.05, 0) is 63.8 Å². The Labute approximate surface area is 151 Å². The molecule has 0 saturated carbocycles. The fourth-order valence-corrected chi connectivity index (χ4v) is 5.03. The van der Waals surface area contributed by atoms with Crippen molar-refractivity contribution in [1.29, 1.82) is 0 Å². The lowest BCUT2D eigenvalue weighted by Gasteiger charge is -2.24. The highest BCUT2D eigenvalue weighted by atomic mass is 35.5. The molecule has 1 N–H and O–H groups in total. The number of nitrogens with zero attached hydrogens (tertiary/aromatic N) is 1. The van der Waals surface area contributed by atoms with Crippen LogP contribution in [0, 0.1) is 6.92 Å². The Kier molecular flexibility index (Phi) is 6.18. The zero-order valence-electron chi connectivity index (χ0n) is 14.5. The molecular formula is C17H27ClN2O3S. The largest absolute Gasteiger partial charge is 0.491 e. The summed E-state index contributed by atoms with van der Waals surface area (Å²) in [5.74, 6) is 0.746. The first-order valence-electron chi connectivity index (χ1n) is 8.40. The third-order valence-electron chi connectivity index (χ3n) is 4.63. The van der Waals surface area contributed by atoms with Gasteiger partial charge < -0.3 is 10.1 Å². The molecule has 2 saturated heterocycles. The molecule has 0 aromatic heterocycles. The Morgan fingerprint density at radius 3 is 2.58 bits per heavy atom. The van der Waals surface area contributed by atoms with Crippen molar-refractivity contribution in [1.82, 2.24) is 9.62 Å². The normalized spacial score (nSPS) is 24.5. The molecule has 0 radical (unpaired) electrons. The third kappa shape index (κ3) is 4.04. The van der Waals surface area contributed by atoms with Gasteiger partial charge in [0.2, 0.25) is 10.0 Å². The average molecular weight is 375 g/mol. The van der Waals surface area contributed by atoms with E-state index in [4.69, 9.17) is 4.74 Å². The predicted octanol–water partition coefficient (Wildman–Crippen LogP) is 2.72. The maximum atomic E-state index is 13.0. The first-order chi connectivity index (χ1) is 10.9. The van der Waals surface area contributed by atoms with Crippen LogP contribution < -0.4 is 10.1 Å². The second-order valence-corrected chi connectivity index (χ2v) is 8.82. The van der Waals surface area contributed by atoms with E-state index in [1.54, 1.807) is 22.5 Å². The molecule has 7 heteroatoms. The number of halogens is 1. The summed E-state index contributed by atoms with van der Waals surface area (Å²) >= 11 is 0. The average Bonchev–Trinajstić information content (AvgIpc) is 2.79. The molecule has 2 atom stereocenters. The lowest BCUT2D eigenvalue weighted by Crippen LogP contribution is -2.39. The molecular weight excluding hydrogens is 348 g/mol. The fraction of sp³-hybridized carbons (Fsp3) is 0.647. The second kappa shape index (κ2) is 7.60. The molecule has 2 heterocycles. The maximum Gasteiger partial charge on any atom is 0.243 e. The Hall–Kier alpha value is -0.820. The summed E-state index contributed by atoms with van der Waals surface area (Å²) < 4.78 is 33.3. The Bertz CT molecular complexity index is 678. The molecule has 2 unspecified atom stereocenters. The van der Waals surface area contributed by atoms with Gasteiger partial charge in [0.25, 0.3) is 0 Å². The van der Waals surface area contributed by atoms with Gasteiger partial charge in [0.15, 0.2) is 0 Å². The number of ether oxygens (including phenoxy) is 1. The van der Waals surface area contributed by atoms with Crippen molar-refractivity contribution in [2.75, 3.05) is 13.1 Å². The van der Waals surface area contributed by atoms with Crippen LogP contribution in [0.3, 0.4) is 0 Å². The van der Waals surface area contributed by atoms with Gasteiger partial charge in [-0.1, -0.05) is 0 Å². The topological polar surface area (TPSA) is 58.6 Å². The van der Waals surface area contributed by atoms with Crippen molar-refractivity contribution in [2.45, 2.75) is 63.1 Å². The molecule has 2 fully saturated rings. The van der Waals surface area contributed by atoms with Crippen molar-refractivity contribution >= 4 is 22.4 Å². The lowest BCUT2D eigenvalue weighted by atomic mass is 10.1. The van der Waals surface area contributed by atoms with Crippen molar-refractivity contribution < 1.29 is 13.2 Å². The summed E-state index contributed by atoms with van der Waals surface area (Å²) in [5.41, 5.74) is 0.856. The standard InChI is InChI=1S/C17H26N2O3S.ClH/c1-12(2)22-17-7-6-16(10-13(17)3)23(20,21)19-9-8-14-4-5-15(11-19)18-14;/h6-7,10,12,14-15,18H,4-5,8-9,11H2,1-3H3;1H. The molecule has 5 nitrogen and oxygen atoms in total. The summed E-state index contributed by atoms with van der Waals surface area (Å²) in [6, 6.07) is 5.93. The van der Waals surface area contributed by atoms with Crippen LogP contribution in [0.5, 0.6) is 5.75 Å². The Morgan fingerprint density at radius 2 is 1.92 bits per heavy atom. The first kappa shape index (κ1) is 19.5. The number of benzene rings is 1. The molecule has 2 aliphatic rings. The van der Waals surface area contributed by atoms with Gasteiger partial charge in [0.05, 0.1) is 11.0 Å². The molecule has 136 valence electrons. The highest BCUT2D eigenvalue weighted by Crippen LogP contribution is 2.28. The van der Waals surface area contributed by atoms with Gasteiger partial charge in [-0.2, -0.15) is 4.31 Å². The first-order valence-corrected chi connectivity index (χ1v) is 9.84. The van der Waals surface area contributed by atoms with E-state index < -0.39 is 10.0 Å². The van der Waals surface area contributed by atoms with Gasteiger partial charge in [0.1, 0.15) is 5.75 Å². The van der Waals surface area contributed by atoms with Gasteiger partial charge in [0, 0.05) is 25.2 Å². The predicted molar refractivity (Wildman–Crippen MR) is 97.5 cm³/mol. The van der Waals surface area contributed by atoms with Gasteiger partial charge in [-0.15, -0.1) is 12.4 Å². The second-order valence-electron chi connectivity index (χ2n) is 6.88. The van der Waals surface area contributed by atoms with Crippen LogP contribution in [0.1, 0.15) is 38.7 Å². The molecule has 0 spiro atoms. The van der Waals surface area contributed by atoms with Crippen LogP contribution >= 0.6 is 12.4 Å². The number of fused-ring (bicyclic) bond motifs is 2. The van der Waals surface area contributed by atoms with Crippen molar-refractivity contribution in [3.63, 3.8) is 0 Å². The van der Waals surface area contributed by atoms with E-state index in [9.17, 15) is 8.42 Å². The zero-order chi connectivity index (χ0) is 16.6. The molecule has 3 rings (SSSR count). The minimum Gasteiger partial charge on any atom is -0.491 e. The molecule has 0 aliphatic carbocycles. The van der Waals surface area contributed by atoms with Crippen LogP contribution in [0.15, 0.2) is 23.1 Å². The van der Waals surface area contributed by atoms with E-state index in [1.165, 1.54) is 6.42 Å². The van der Waals surface area contributed by atoms with E-state index in [0.717, 1.165) is 24.2 Å². The Morgan fingerprint density at radius 1 is 1.21 bits per heavy atom. The van der Waals surface area contributed by atoms with Crippen LogP contribution in [0.2, 0.25) is 0 Å². The smallest absolute Gasteiger partial charge is 0.243 e. The molecule has 2 bridgehead atoms. The van der Waals surface area contributed by atoms with E-state index in [-0.39, 0.29) is 18.5 Å². The quantitative estimate of drug-likeness (QED) is 0.880. The molecule has 1 aromatic carbocycles. The van der Waals surface area contributed by atoms with E-state index in [1.807, 2.05) is 20.8 Å². The minimum atomic E-state index is -3.44. The lowest BCUT2D eigenvalue weighted by molar-refractivity contribution is 0.240. The number of rotatable bonds is 4. The van der Waals surface area contributed by atoms with Crippen LogP contribution in [-0.4, -0.2) is 44.0 Å². The maximum absolute atomic E-state index is 13.0. The van der Waals surface area contributed by atoms with E-state index in [2.05, 4.69) is 5.32 Å². The summed E-state index contributed by atoms with van der Waals surface area (Å²) in [4.78, 5) is 0.365. The molecule has 24 heavy (non-hydrogen) atoms. The van der Waals surface area contributed by atoms with E-state index >= 15 is 0 Å².